The van der Waals surface area contributed by atoms with Gasteiger partial charge in [-0.3, -0.25) is 4.79 Å². The van der Waals surface area contributed by atoms with Crippen LogP contribution in [0.25, 0.3) is 11.1 Å². The highest BCUT2D eigenvalue weighted by Crippen LogP contribution is 2.51. The third kappa shape index (κ3) is 3.88. The van der Waals surface area contributed by atoms with E-state index in [1.165, 1.54) is 6.07 Å². The van der Waals surface area contributed by atoms with Crippen LogP contribution in [0.4, 0.5) is 4.39 Å². The lowest BCUT2D eigenvalue weighted by atomic mass is 9.86. The summed E-state index contributed by atoms with van der Waals surface area (Å²) in [4.78, 5) is 13.6. The summed E-state index contributed by atoms with van der Waals surface area (Å²) < 4.78 is 50.0. The molecule has 7 heteroatoms. The molecule has 0 N–H and O–H groups in total. The number of benzene rings is 3. The van der Waals surface area contributed by atoms with Crippen molar-refractivity contribution in [2.75, 3.05) is 12.5 Å². The van der Waals surface area contributed by atoms with Gasteiger partial charge in [0.1, 0.15) is 11.6 Å². The van der Waals surface area contributed by atoms with E-state index >= 15 is 0 Å². The summed E-state index contributed by atoms with van der Waals surface area (Å²) >= 11 is 0. The Morgan fingerprint density at radius 2 is 1.71 bits per heavy atom. The number of fused-ring (bicyclic) bond motifs is 1. The summed E-state index contributed by atoms with van der Waals surface area (Å²) in [6.45, 7) is 3.57. The highest BCUT2D eigenvalue weighted by atomic mass is 32.2. The molecule has 0 aromatic heterocycles. The van der Waals surface area contributed by atoms with E-state index in [1.54, 1.807) is 44.2 Å². The lowest BCUT2D eigenvalue weighted by Gasteiger charge is -2.17. The molecule has 5 nitrogen and oxygen atoms in total. The largest absolute Gasteiger partial charge is 0.454 e. The summed E-state index contributed by atoms with van der Waals surface area (Å²) in [6.07, 6.45) is 1.42. The average Bonchev–Trinajstić information content (AvgIpc) is 3.51. The fourth-order valence-corrected chi connectivity index (χ4v) is 5.45. The molecule has 0 bridgehead atoms. The molecule has 0 spiro atoms. The second-order valence-corrected chi connectivity index (χ2v) is 11.2. The number of hydrogen-bond acceptors (Lipinski definition) is 5. The Bertz CT molecular complexity index is 1390. The highest BCUT2D eigenvalue weighted by Gasteiger charge is 2.51. The van der Waals surface area contributed by atoms with Crippen LogP contribution in [0.5, 0.6) is 11.5 Å². The number of sulfone groups is 1. The summed E-state index contributed by atoms with van der Waals surface area (Å²) in [6, 6.07) is 15.3. The third-order valence-electron chi connectivity index (χ3n) is 6.86. The van der Waals surface area contributed by atoms with Crippen molar-refractivity contribution in [3.05, 3.63) is 77.1 Å². The Hall–Kier alpha value is -3.19. The molecule has 0 atom stereocenters. The number of carbonyl (C=O) groups is 1. The van der Waals surface area contributed by atoms with Gasteiger partial charge in [0.05, 0.1) is 16.1 Å². The van der Waals surface area contributed by atoms with Crippen LogP contribution in [-0.4, -0.2) is 26.7 Å². The molecule has 176 valence electrons. The van der Waals surface area contributed by atoms with E-state index in [2.05, 4.69) is 0 Å². The predicted molar refractivity (Wildman–Crippen MR) is 126 cm³/mol. The molecular formula is C27H25FO5S. The topological polar surface area (TPSA) is 69.7 Å². The van der Waals surface area contributed by atoms with E-state index in [1.807, 2.05) is 18.2 Å². The van der Waals surface area contributed by atoms with Crippen LogP contribution in [0.15, 0.2) is 59.5 Å². The Balaban J connectivity index is 1.43. The Morgan fingerprint density at radius 1 is 1.00 bits per heavy atom. The zero-order valence-corrected chi connectivity index (χ0v) is 19.9. The molecule has 2 aliphatic rings. The molecule has 0 saturated heterocycles. The van der Waals surface area contributed by atoms with Crippen LogP contribution in [0.3, 0.4) is 0 Å². The van der Waals surface area contributed by atoms with Crippen molar-refractivity contribution < 1.29 is 27.1 Å². The Morgan fingerprint density at radius 3 is 2.38 bits per heavy atom. The monoisotopic (exact) mass is 480 g/mol. The van der Waals surface area contributed by atoms with E-state index in [4.69, 9.17) is 9.47 Å². The summed E-state index contributed by atoms with van der Waals surface area (Å²) in [5.74, 6) is 0.887. The van der Waals surface area contributed by atoms with Gasteiger partial charge in [-0.15, -0.1) is 0 Å². The second-order valence-electron chi connectivity index (χ2n) is 8.94. The number of hydrogen-bond donors (Lipinski definition) is 0. The van der Waals surface area contributed by atoms with Crippen LogP contribution >= 0.6 is 0 Å². The molecule has 3 aromatic rings. The van der Waals surface area contributed by atoms with Crippen molar-refractivity contribution >= 4 is 15.6 Å². The number of carbonyl (C=O) groups excluding carboxylic acids is 1. The van der Waals surface area contributed by atoms with Crippen molar-refractivity contribution in [3.8, 4) is 22.6 Å². The molecule has 3 aromatic carbocycles. The molecule has 1 aliphatic carbocycles. The number of ether oxygens (including phenoxy) is 2. The van der Waals surface area contributed by atoms with Gasteiger partial charge in [0, 0.05) is 6.42 Å². The SMILES string of the molecule is CCS(=O)(=O)c1ccc(-c2cc(CC(=O)C3(c4ccc5c(c4)OCO5)CC3)c(F)cc2C)cc1. The summed E-state index contributed by atoms with van der Waals surface area (Å²) in [5, 5.41) is 0. The minimum absolute atomic E-state index is 0.0180. The molecular weight excluding hydrogens is 455 g/mol. The molecule has 0 unspecified atom stereocenters. The van der Waals surface area contributed by atoms with Gasteiger partial charge in [-0.05, 0) is 84.0 Å². The number of aryl methyl sites for hydroxylation is 1. The lowest BCUT2D eigenvalue weighted by molar-refractivity contribution is -0.120. The normalized spacial score (nSPS) is 15.9. The first-order chi connectivity index (χ1) is 16.2. The minimum Gasteiger partial charge on any atom is -0.454 e. The second kappa shape index (κ2) is 8.24. The fourth-order valence-electron chi connectivity index (χ4n) is 4.56. The van der Waals surface area contributed by atoms with Gasteiger partial charge in [-0.1, -0.05) is 25.1 Å². The van der Waals surface area contributed by atoms with Crippen LogP contribution < -0.4 is 9.47 Å². The zero-order chi connectivity index (χ0) is 24.1. The molecule has 1 fully saturated rings. The minimum atomic E-state index is -3.30. The van der Waals surface area contributed by atoms with E-state index in [0.717, 1.165) is 35.1 Å². The molecule has 1 saturated carbocycles. The predicted octanol–water partition coefficient (Wildman–Crippen LogP) is 5.17. The lowest BCUT2D eigenvalue weighted by Crippen LogP contribution is -2.23. The van der Waals surface area contributed by atoms with Crippen LogP contribution in [-0.2, 0) is 26.5 Å². The smallest absolute Gasteiger partial charge is 0.231 e. The van der Waals surface area contributed by atoms with E-state index in [-0.39, 0.29) is 29.6 Å². The maximum absolute atomic E-state index is 14.9. The highest BCUT2D eigenvalue weighted by molar-refractivity contribution is 7.91. The van der Waals surface area contributed by atoms with Crippen LogP contribution in [0, 0.1) is 12.7 Å². The molecule has 1 heterocycles. The van der Waals surface area contributed by atoms with Gasteiger partial charge in [-0.25, -0.2) is 12.8 Å². The molecule has 1 aliphatic heterocycles. The number of Topliss-reactive ketones (excluding diaryl/α,β-unsaturated/α-hetero) is 1. The number of rotatable bonds is 7. The van der Waals surface area contributed by atoms with Crippen molar-refractivity contribution in [2.24, 2.45) is 0 Å². The molecule has 5 rings (SSSR count). The molecule has 0 amide bonds. The first-order valence-electron chi connectivity index (χ1n) is 11.3. The van der Waals surface area contributed by atoms with Gasteiger partial charge in [0.15, 0.2) is 21.3 Å². The van der Waals surface area contributed by atoms with Crippen molar-refractivity contribution in [1.29, 1.82) is 0 Å². The average molecular weight is 481 g/mol. The van der Waals surface area contributed by atoms with Crippen molar-refractivity contribution in [2.45, 2.75) is 43.4 Å². The van der Waals surface area contributed by atoms with Crippen molar-refractivity contribution in [3.63, 3.8) is 0 Å². The van der Waals surface area contributed by atoms with E-state index in [0.29, 0.717) is 17.1 Å². The van der Waals surface area contributed by atoms with Crippen molar-refractivity contribution in [1.82, 2.24) is 0 Å². The van der Waals surface area contributed by atoms with Gasteiger partial charge < -0.3 is 9.47 Å². The van der Waals surface area contributed by atoms with Crippen LogP contribution in [0.1, 0.15) is 36.5 Å². The van der Waals surface area contributed by atoms with Crippen LogP contribution in [0.2, 0.25) is 0 Å². The first-order valence-corrected chi connectivity index (χ1v) is 12.9. The molecule has 34 heavy (non-hydrogen) atoms. The third-order valence-corrected chi connectivity index (χ3v) is 8.61. The zero-order valence-electron chi connectivity index (χ0n) is 19.1. The van der Waals surface area contributed by atoms with Gasteiger partial charge in [0.25, 0.3) is 0 Å². The maximum atomic E-state index is 14.9. The first kappa shape index (κ1) is 22.6. The number of halogens is 1. The van der Waals surface area contributed by atoms with E-state index in [9.17, 15) is 17.6 Å². The summed E-state index contributed by atoms with van der Waals surface area (Å²) in [5.41, 5.74) is 2.87. The molecule has 0 radical (unpaired) electrons. The quantitative estimate of drug-likeness (QED) is 0.467. The standard InChI is InChI=1S/C27H25FO5S/c1-3-34(30,31)21-7-4-18(5-8-21)22-13-19(23(28)12-17(22)2)14-26(29)27(10-11-27)20-6-9-24-25(15-20)33-16-32-24/h4-9,12-13,15H,3,10-11,14,16H2,1-2H3. The Labute approximate surface area is 198 Å². The summed E-state index contributed by atoms with van der Waals surface area (Å²) in [7, 11) is -3.30. The van der Waals surface area contributed by atoms with Gasteiger partial charge in [0.2, 0.25) is 6.79 Å². The fraction of sp³-hybridized carbons (Fsp3) is 0.296. The maximum Gasteiger partial charge on any atom is 0.231 e. The number of ketones is 1. The van der Waals surface area contributed by atoms with E-state index < -0.39 is 21.1 Å². The Kier molecular flexibility index (Phi) is 5.47. The van der Waals surface area contributed by atoms with Gasteiger partial charge >= 0.3 is 0 Å². The van der Waals surface area contributed by atoms with Gasteiger partial charge in [-0.2, -0.15) is 0 Å².